The Labute approximate surface area is 90.5 Å². The first-order chi connectivity index (χ1) is 6.97. The minimum Gasteiger partial charge on any atom is -0.392 e. The number of rotatable bonds is 4. The van der Waals surface area contributed by atoms with E-state index in [1.54, 1.807) is 11.6 Å². The van der Waals surface area contributed by atoms with E-state index in [1.807, 2.05) is 25.9 Å². The van der Waals surface area contributed by atoms with Crippen molar-refractivity contribution in [2.45, 2.75) is 26.5 Å². The van der Waals surface area contributed by atoms with Crippen LogP contribution in [0.15, 0.2) is 0 Å². The summed E-state index contributed by atoms with van der Waals surface area (Å²) >= 11 is 0. The van der Waals surface area contributed by atoms with Gasteiger partial charge in [0.15, 0.2) is 0 Å². The van der Waals surface area contributed by atoms with Crippen LogP contribution in [-0.2, 0) is 13.6 Å². The zero-order valence-electron chi connectivity index (χ0n) is 9.86. The Balaban J connectivity index is 3.01. The summed E-state index contributed by atoms with van der Waals surface area (Å²) < 4.78 is 1.81. The molecule has 5 nitrogen and oxygen atoms in total. The van der Waals surface area contributed by atoms with Crippen LogP contribution in [0.2, 0.25) is 0 Å². The second-order valence-electron chi connectivity index (χ2n) is 3.94. The molecule has 3 N–H and O–H groups in total. The number of aryl methyl sites for hydroxylation is 2. The van der Waals surface area contributed by atoms with Gasteiger partial charge in [0.05, 0.1) is 11.8 Å². The lowest BCUT2D eigenvalue weighted by molar-refractivity contribution is 0.201. The van der Waals surface area contributed by atoms with Gasteiger partial charge in [-0.2, -0.15) is 5.10 Å². The molecular weight excluding hydrogens is 192 g/mol. The molecule has 15 heavy (non-hydrogen) atoms. The van der Waals surface area contributed by atoms with Gasteiger partial charge in [-0.1, -0.05) is 0 Å². The summed E-state index contributed by atoms with van der Waals surface area (Å²) in [6, 6.07) is 0. The normalized spacial score (nSPS) is 12.9. The molecular formula is C10H20N4O. The van der Waals surface area contributed by atoms with E-state index in [0.29, 0.717) is 13.1 Å². The first-order valence-corrected chi connectivity index (χ1v) is 5.09. The fourth-order valence-corrected chi connectivity index (χ4v) is 1.89. The van der Waals surface area contributed by atoms with E-state index in [2.05, 4.69) is 5.10 Å². The summed E-state index contributed by atoms with van der Waals surface area (Å²) in [5, 5.41) is 13.7. The van der Waals surface area contributed by atoms with Crippen LogP contribution in [0.5, 0.6) is 0 Å². The van der Waals surface area contributed by atoms with Gasteiger partial charge in [-0.25, -0.2) is 0 Å². The van der Waals surface area contributed by atoms with Crippen LogP contribution in [0.4, 0.5) is 5.82 Å². The van der Waals surface area contributed by atoms with E-state index >= 15 is 0 Å². The van der Waals surface area contributed by atoms with Gasteiger partial charge in [0, 0.05) is 32.7 Å². The second-order valence-corrected chi connectivity index (χ2v) is 3.94. The zero-order chi connectivity index (χ0) is 11.6. The SMILES string of the molecule is Cc1nn(C)c(N(C)CC(C)O)c1CN. The highest BCUT2D eigenvalue weighted by Gasteiger charge is 2.16. The first-order valence-electron chi connectivity index (χ1n) is 5.09. The topological polar surface area (TPSA) is 67.3 Å². The predicted octanol–water partition coefficient (Wildman–Crippen LogP) is 0.00422. The van der Waals surface area contributed by atoms with Gasteiger partial charge in [-0.05, 0) is 13.8 Å². The Morgan fingerprint density at radius 2 is 2.20 bits per heavy atom. The van der Waals surface area contributed by atoms with Crippen molar-refractivity contribution in [3.8, 4) is 0 Å². The number of likely N-dealkylation sites (N-methyl/N-ethyl adjacent to an activating group) is 1. The number of aliphatic hydroxyl groups is 1. The van der Waals surface area contributed by atoms with Gasteiger partial charge in [0.1, 0.15) is 5.82 Å². The van der Waals surface area contributed by atoms with Crippen molar-refractivity contribution in [2.75, 3.05) is 18.5 Å². The standard InChI is InChI=1S/C10H20N4O/c1-7(15)6-13(3)10-9(5-11)8(2)12-14(10)4/h7,15H,5-6,11H2,1-4H3. The van der Waals surface area contributed by atoms with Crippen LogP contribution in [0.1, 0.15) is 18.2 Å². The molecule has 0 radical (unpaired) electrons. The van der Waals surface area contributed by atoms with Crippen LogP contribution in [0.25, 0.3) is 0 Å². The molecule has 0 saturated carbocycles. The highest BCUT2D eigenvalue weighted by molar-refractivity contribution is 5.49. The van der Waals surface area contributed by atoms with E-state index in [1.165, 1.54) is 0 Å². The molecule has 0 aliphatic heterocycles. The number of aliphatic hydroxyl groups excluding tert-OH is 1. The number of hydrogen-bond acceptors (Lipinski definition) is 4. The highest BCUT2D eigenvalue weighted by atomic mass is 16.3. The average Bonchev–Trinajstić information content (AvgIpc) is 2.38. The van der Waals surface area contributed by atoms with E-state index in [9.17, 15) is 5.11 Å². The number of aromatic nitrogens is 2. The molecule has 1 unspecified atom stereocenters. The lowest BCUT2D eigenvalue weighted by Crippen LogP contribution is -2.29. The highest BCUT2D eigenvalue weighted by Crippen LogP contribution is 2.21. The molecule has 0 aliphatic rings. The van der Waals surface area contributed by atoms with Crippen molar-refractivity contribution in [1.82, 2.24) is 9.78 Å². The minimum atomic E-state index is -0.365. The van der Waals surface area contributed by atoms with E-state index in [4.69, 9.17) is 5.73 Å². The van der Waals surface area contributed by atoms with Crippen molar-refractivity contribution in [1.29, 1.82) is 0 Å². The molecule has 0 bridgehead atoms. The Bertz CT molecular complexity index is 332. The van der Waals surface area contributed by atoms with Gasteiger partial charge in [-0.15, -0.1) is 0 Å². The largest absolute Gasteiger partial charge is 0.392 e. The summed E-state index contributed by atoms with van der Waals surface area (Å²) in [6.45, 7) is 4.76. The molecule has 0 amide bonds. The van der Waals surface area contributed by atoms with Crippen LogP contribution >= 0.6 is 0 Å². The lowest BCUT2D eigenvalue weighted by Gasteiger charge is -2.22. The quantitative estimate of drug-likeness (QED) is 0.737. The Hall–Kier alpha value is -1.07. The number of nitrogens with zero attached hydrogens (tertiary/aromatic N) is 3. The smallest absolute Gasteiger partial charge is 0.131 e. The molecule has 86 valence electrons. The first kappa shape index (κ1) is 12.0. The van der Waals surface area contributed by atoms with Gasteiger partial charge in [0.25, 0.3) is 0 Å². The molecule has 1 aromatic rings. The maximum atomic E-state index is 9.34. The van der Waals surface area contributed by atoms with E-state index in [-0.39, 0.29) is 6.10 Å². The summed E-state index contributed by atoms with van der Waals surface area (Å²) in [6.07, 6.45) is -0.365. The third kappa shape index (κ3) is 2.49. The Morgan fingerprint density at radius 3 is 2.67 bits per heavy atom. The molecule has 0 saturated heterocycles. The zero-order valence-corrected chi connectivity index (χ0v) is 9.86. The van der Waals surface area contributed by atoms with E-state index in [0.717, 1.165) is 17.1 Å². The summed E-state index contributed by atoms with van der Waals surface area (Å²) in [5.41, 5.74) is 7.68. The molecule has 0 aliphatic carbocycles. The molecule has 0 aromatic carbocycles. The number of anilines is 1. The fourth-order valence-electron chi connectivity index (χ4n) is 1.89. The molecule has 0 fully saturated rings. The molecule has 1 heterocycles. The lowest BCUT2D eigenvalue weighted by atomic mass is 10.2. The van der Waals surface area contributed by atoms with Gasteiger partial charge in [0.2, 0.25) is 0 Å². The molecule has 5 heteroatoms. The van der Waals surface area contributed by atoms with E-state index < -0.39 is 0 Å². The Morgan fingerprint density at radius 1 is 1.60 bits per heavy atom. The Kier molecular flexibility index (Phi) is 3.71. The van der Waals surface area contributed by atoms with Crippen molar-refractivity contribution in [3.63, 3.8) is 0 Å². The maximum absolute atomic E-state index is 9.34. The molecule has 0 spiro atoms. The average molecular weight is 212 g/mol. The van der Waals surface area contributed by atoms with Gasteiger partial charge < -0.3 is 15.7 Å². The van der Waals surface area contributed by atoms with Crippen molar-refractivity contribution >= 4 is 5.82 Å². The summed E-state index contributed by atoms with van der Waals surface area (Å²) in [7, 11) is 3.82. The third-order valence-electron chi connectivity index (χ3n) is 2.42. The molecule has 1 rings (SSSR count). The molecule has 1 atom stereocenters. The van der Waals surface area contributed by atoms with Crippen molar-refractivity contribution in [2.24, 2.45) is 12.8 Å². The van der Waals surface area contributed by atoms with Crippen molar-refractivity contribution < 1.29 is 5.11 Å². The van der Waals surface area contributed by atoms with Crippen LogP contribution in [-0.4, -0.2) is 34.6 Å². The van der Waals surface area contributed by atoms with Crippen LogP contribution < -0.4 is 10.6 Å². The summed E-state index contributed by atoms with van der Waals surface area (Å²) in [5.74, 6) is 0.982. The fraction of sp³-hybridized carbons (Fsp3) is 0.700. The summed E-state index contributed by atoms with van der Waals surface area (Å²) in [4.78, 5) is 1.98. The van der Waals surface area contributed by atoms with Gasteiger partial charge in [-0.3, -0.25) is 4.68 Å². The minimum absolute atomic E-state index is 0.365. The van der Waals surface area contributed by atoms with Crippen LogP contribution in [0, 0.1) is 6.92 Å². The molecule has 1 aromatic heterocycles. The maximum Gasteiger partial charge on any atom is 0.131 e. The van der Waals surface area contributed by atoms with Crippen LogP contribution in [0.3, 0.4) is 0 Å². The van der Waals surface area contributed by atoms with Gasteiger partial charge >= 0.3 is 0 Å². The second kappa shape index (κ2) is 4.63. The monoisotopic (exact) mass is 212 g/mol. The number of nitrogens with two attached hydrogens (primary N) is 1. The predicted molar refractivity (Wildman–Crippen MR) is 60.8 cm³/mol. The third-order valence-corrected chi connectivity index (χ3v) is 2.42. The van der Waals surface area contributed by atoms with Crippen molar-refractivity contribution in [3.05, 3.63) is 11.3 Å². The number of hydrogen-bond donors (Lipinski definition) is 2.